The van der Waals surface area contributed by atoms with Crippen molar-refractivity contribution in [1.82, 2.24) is 0 Å². The second-order valence-electron chi connectivity index (χ2n) is 3.44. The number of nitroso groups, excluding NO2 is 1. The molecule has 102 valence electrons. The first-order valence-corrected chi connectivity index (χ1v) is 5.03. The van der Waals surface area contributed by atoms with E-state index >= 15 is 0 Å². The van der Waals surface area contributed by atoms with Crippen LogP contribution in [0.5, 0.6) is 0 Å². The van der Waals surface area contributed by atoms with E-state index in [-0.39, 0.29) is 0 Å². The van der Waals surface area contributed by atoms with Gasteiger partial charge in [0.05, 0.1) is 10.6 Å². The molecule has 19 heavy (non-hydrogen) atoms. The maximum absolute atomic E-state index is 12.5. The number of hydrogen-bond acceptors (Lipinski definition) is 4. The Morgan fingerprint density at radius 2 is 1.89 bits per heavy atom. The van der Waals surface area contributed by atoms with Gasteiger partial charge in [-0.3, -0.25) is 9.59 Å². The van der Waals surface area contributed by atoms with Crippen LogP contribution in [0.2, 0.25) is 5.02 Å². The van der Waals surface area contributed by atoms with Gasteiger partial charge in [-0.2, -0.15) is 13.2 Å². The maximum Gasteiger partial charge on any atom is 0.416 e. The summed E-state index contributed by atoms with van der Waals surface area (Å²) in [7, 11) is 0. The Labute approximate surface area is 109 Å². The molecule has 1 aromatic rings. The smallest absolute Gasteiger partial charge is 0.416 e. The molecule has 0 aliphatic rings. The van der Waals surface area contributed by atoms with Crippen LogP contribution in [0, 0.1) is 4.91 Å². The molecule has 1 aromatic carbocycles. The van der Waals surface area contributed by atoms with E-state index in [1.807, 2.05) is 0 Å². The Bertz CT molecular complexity index is 556. The molecule has 0 aliphatic heterocycles. The standard InChI is InChI=1S/C10H5ClF3NO4/c11-9-5(7(16)3-8(17)18)1-4(10(12,13)14)2-6(9)15-19/h1-2H,3H2,(H,17,18). The number of aliphatic carboxylic acids is 1. The van der Waals surface area contributed by atoms with Gasteiger partial charge in [0, 0.05) is 5.56 Å². The van der Waals surface area contributed by atoms with Crippen molar-refractivity contribution in [3.63, 3.8) is 0 Å². The number of ketones is 1. The largest absolute Gasteiger partial charge is 0.481 e. The topological polar surface area (TPSA) is 83.8 Å². The summed E-state index contributed by atoms with van der Waals surface area (Å²) in [6.07, 6.45) is -5.86. The van der Waals surface area contributed by atoms with Gasteiger partial charge in [-0.25, -0.2) is 0 Å². The molecule has 0 saturated heterocycles. The summed E-state index contributed by atoms with van der Waals surface area (Å²) < 4.78 is 37.6. The summed E-state index contributed by atoms with van der Waals surface area (Å²) >= 11 is 5.53. The van der Waals surface area contributed by atoms with Crippen molar-refractivity contribution in [2.75, 3.05) is 0 Å². The van der Waals surface area contributed by atoms with E-state index < -0.39 is 46.2 Å². The molecule has 0 heterocycles. The second-order valence-corrected chi connectivity index (χ2v) is 3.82. The number of halogens is 4. The zero-order chi connectivity index (χ0) is 14.8. The molecule has 0 aliphatic carbocycles. The second kappa shape index (κ2) is 5.35. The van der Waals surface area contributed by atoms with Crippen LogP contribution < -0.4 is 0 Å². The molecule has 9 heteroatoms. The Balaban J connectivity index is 3.42. The van der Waals surface area contributed by atoms with E-state index in [4.69, 9.17) is 16.7 Å². The Kier molecular flexibility index (Phi) is 4.25. The lowest BCUT2D eigenvalue weighted by molar-refractivity contribution is -0.137. The molecule has 0 atom stereocenters. The van der Waals surface area contributed by atoms with Gasteiger partial charge in [-0.1, -0.05) is 11.6 Å². The summed E-state index contributed by atoms with van der Waals surface area (Å²) in [4.78, 5) is 32.2. The van der Waals surface area contributed by atoms with Gasteiger partial charge in [0.1, 0.15) is 12.1 Å². The normalized spacial score (nSPS) is 11.2. The minimum atomic E-state index is -4.82. The molecule has 0 spiro atoms. The van der Waals surface area contributed by atoms with Crippen molar-refractivity contribution < 1.29 is 27.9 Å². The van der Waals surface area contributed by atoms with Crippen molar-refractivity contribution in [2.45, 2.75) is 12.6 Å². The number of carbonyl (C=O) groups is 2. The molecule has 0 bridgehead atoms. The Morgan fingerprint density at radius 3 is 2.32 bits per heavy atom. The zero-order valence-electron chi connectivity index (χ0n) is 8.99. The number of carboxylic acids is 1. The minimum Gasteiger partial charge on any atom is -0.481 e. The van der Waals surface area contributed by atoms with Crippen molar-refractivity contribution in [2.24, 2.45) is 5.18 Å². The Hall–Kier alpha value is -1.96. The van der Waals surface area contributed by atoms with Crippen LogP contribution in [0.1, 0.15) is 22.3 Å². The summed E-state index contributed by atoms with van der Waals surface area (Å²) in [6.45, 7) is 0. The van der Waals surface area contributed by atoms with Crippen LogP contribution in [-0.2, 0) is 11.0 Å². The number of carbonyl (C=O) groups excluding carboxylic acids is 1. The van der Waals surface area contributed by atoms with Crippen LogP contribution in [0.15, 0.2) is 17.3 Å². The van der Waals surface area contributed by atoms with Crippen LogP contribution in [0.25, 0.3) is 0 Å². The average Bonchev–Trinajstić information content (AvgIpc) is 2.26. The van der Waals surface area contributed by atoms with E-state index in [0.29, 0.717) is 12.1 Å². The summed E-state index contributed by atoms with van der Waals surface area (Å²) in [5.41, 5.74) is -2.78. The van der Waals surface area contributed by atoms with Crippen LogP contribution in [0.3, 0.4) is 0 Å². The van der Waals surface area contributed by atoms with Gasteiger partial charge in [0.15, 0.2) is 5.78 Å². The predicted molar refractivity (Wildman–Crippen MR) is 58.5 cm³/mol. The number of rotatable bonds is 4. The van der Waals surface area contributed by atoms with E-state index in [2.05, 4.69) is 5.18 Å². The lowest BCUT2D eigenvalue weighted by Gasteiger charge is -2.10. The lowest BCUT2D eigenvalue weighted by atomic mass is 10.0. The molecular weight excluding hydrogens is 291 g/mol. The summed E-state index contributed by atoms with van der Waals surface area (Å²) in [5.74, 6) is -2.67. The minimum absolute atomic E-state index is 0.382. The first-order chi connectivity index (χ1) is 8.66. The molecule has 0 aromatic heterocycles. The highest BCUT2D eigenvalue weighted by molar-refractivity contribution is 6.36. The van der Waals surface area contributed by atoms with E-state index in [1.54, 1.807) is 0 Å². The highest BCUT2D eigenvalue weighted by Gasteiger charge is 2.33. The Morgan fingerprint density at radius 1 is 1.32 bits per heavy atom. The maximum atomic E-state index is 12.5. The van der Waals surface area contributed by atoms with Crippen LogP contribution in [0.4, 0.5) is 18.9 Å². The average molecular weight is 296 g/mol. The molecule has 0 unspecified atom stereocenters. The molecular formula is C10H5ClF3NO4. The van der Waals surface area contributed by atoms with Gasteiger partial charge in [0.25, 0.3) is 0 Å². The highest BCUT2D eigenvalue weighted by atomic mass is 35.5. The predicted octanol–water partition coefficient (Wildman–Crippen LogP) is 3.41. The SMILES string of the molecule is O=Nc1cc(C(F)(F)F)cc(C(=O)CC(=O)O)c1Cl. The number of Topliss-reactive ketones (excluding diaryl/α,β-unsaturated/α-hetero) is 1. The van der Waals surface area contributed by atoms with Crippen molar-refractivity contribution in [3.05, 3.63) is 33.2 Å². The molecule has 5 nitrogen and oxygen atoms in total. The van der Waals surface area contributed by atoms with Crippen LogP contribution >= 0.6 is 11.6 Å². The highest BCUT2D eigenvalue weighted by Crippen LogP contribution is 2.37. The molecule has 1 rings (SSSR count). The summed E-state index contributed by atoms with van der Waals surface area (Å²) in [5, 5.41) is 10.1. The van der Waals surface area contributed by atoms with Gasteiger partial charge in [0.2, 0.25) is 0 Å². The number of hydrogen-bond donors (Lipinski definition) is 1. The van der Waals surface area contributed by atoms with Gasteiger partial charge in [-0.15, -0.1) is 4.91 Å². The quantitative estimate of drug-likeness (QED) is 0.524. The monoisotopic (exact) mass is 295 g/mol. The fourth-order valence-electron chi connectivity index (χ4n) is 1.27. The van der Waals surface area contributed by atoms with Crippen molar-refractivity contribution >= 4 is 29.0 Å². The number of nitrogens with zero attached hydrogens (tertiary/aromatic N) is 1. The van der Waals surface area contributed by atoms with E-state index in [9.17, 15) is 27.7 Å². The fourth-order valence-corrected chi connectivity index (χ4v) is 1.52. The molecule has 0 saturated carbocycles. The zero-order valence-corrected chi connectivity index (χ0v) is 9.75. The third kappa shape index (κ3) is 3.50. The first-order valence-electron chi connectivity index (χ1n) is 4.66. The van der Waals surface area contributed by atoms with E-state index in [1.165, 1.54) is 0 Å². The van der Waals surface area contributed by atoms with Gasteiger partial charge >= 0.3 is 12.1 Å². The first kappa shape index (κ1) is 15.1. The van der Waals surface area contributed by atoms with Crippen molar-refractivity contribution in [1.29, 1.82) is 0 Å². The molecule has 0 radical (unpaired) electrons. The third-order valence-corrected chi connectivity index (χ3v) is 2.49. The summed E-state index contributed by atoms with van der Waals surface area (Å²) in [6, 6.07) is 0.773. The van der Waals surface area contributed by atoms with Crippen LogP contribution in [-0.4, -0.2) is 16.9 Å². The number of alkyl halides is 3. The lowest BCUT2D eigenvalue weighted by Crippen LogP contribution is -2.11. The number of carboxylic acid groups (broad SMARTS) is 1. The number of benzene rings is 1. The van der Waals surface area contributed by atoms with E-state index in [0.717, 1.165) is 0 Å². The fraction of sp³-hybridized carbons (Fsp3) is 0.200. The van der Waals surface area contributed by atoms with Gasteiger partial charge < -0.3 is 5.11 Å². The third-order valence-electron chi connectivity index (χ3n) is 2.09. The molecule has 0 amide bonds. The molecule has 0 fully saturated rings. The molecule has 1 N–H and O–H groups in total. The van der Waals surface area contributed by atoms with Crippen molar-refractivity contribution in [3.8, 4) is 0 Å². The van der Waals surface area contributed by atoms with Gasteiger partial charge in [-0.05, 0) is 17.3 Å².